The molecule has 0 amide bonds. The average Bonchev–Trinajstić information content (AvgIpc) is 2.65. The number of hydrogen-bond donors (Lipinski definition) is 1. The summed E-state index contributed by atoms with van der Waals surface area (Å²) in [5.74, 6) is -0.730. The van der Waals surface area contributed by atoms with E-state index in [-0.39, 0.29) is 29.7 Å². The van der Waals surface area contributed by atoms with Gasteiger partial charge >= 0.3 is 12.0 Å². The molecule has 0 aliphatic carbocycles. The Kier molecular flexibility index (Phi) is 5.63. The van der Waals surface area contributed by atoms with Crippen molar-refractivity contribution in [3.8, 4) is 6.01 Å². The number of ether oxygens (including phenoxy) is 2. The molecule has 0 spiro atoms. The molecule has 1 aliphatic heterocycles. The summed E-state index contributed by atoms with van der Waals surface area (Å²) < 4.78 is 24.0. The fraction of sp³-hybridized carbons (Fsp3) is 0.471. The van der Waals surface area contributed by atoms with E-state index in [0.29, 0.717) is 31.7 Å². The summed E-state index contributed by atoms with van der Waals surface area (Å²) in [4.78, 5) is 29.8. The second-order valence-electron chi connectivity index (χ2n) is 6.41. The molecule has 3 heterocycles. The van der Waals surface area contributed by atoms with Gasteiger partial charge in [0.25, 0.3) is 0 Å². The van der Waals surface area contributed by atoms with Crippen LogP contribution in [0.25, 0.3) is 0 Å². The minimum Gasteiger partial charge on any atom is -0.460 e. The topological polar surface area (TPSA) is 116 Å². The predicted molar refractivity (Wildman–Crippen MR) is 94.8 cm³/mol. The monoisotopic (exact) mass is 376 g/mol. The van der Waals surface area contributed by atoms with Crippen molar-refractivity contribution in [2.24, 2.45) is 0 Å². The zero-order chi connectivity index (χ0) is 19.4. The zero-order valence-electron chi connectivity index (χ0n) is 15.1. The third-order valence-electron chi connectivity index (χ3n) is 3.99. The van der Waals surface area contributed by atoms with Crippen LogP contribution in [0.5, 0.6) is 6.01 Å². The minimum absolute atomic E-state index is 0.0631. The number of rotatable bonds is 5. The molecule has 1 fully saturated rings. The number of carbonyl (C=O) groups excluding carboxylic acids is 1. The Balaban J connectivity index is 1.59. The Hall–Kier alpha value is -3.04. The van der Waals surface area contributed by atoms with Crippen LogP contribution in [0.15, 0.2) is 18.6 Å². The van der Waals surface area contributed by atoms with E-state index in [0.717, 1.165) is 6.20 Å². The fourth-order valence-corrected chi connectivity index (χ4v) is 2.68. The average molecular weight is 376 g/mol. The number of hydrogen-bond acceptors (Lipinski definition) is 9. The van der Waals surface area contributed by atoms with Gasteiger partial charge in [0.05, 0.1) is 12.3 Å². The Bertz CT molecular complexity index is 811. The molecule has 2 aromatic heterocycles. The first-order valence-corrected chi connectivity index (χ1v) is 8.65. The van der Waals surface area contributed by atoms with Crippen LogP contribution in [-0.2, 0) is 4.74 Å². The lowest BCUT2D eigenvalue weighted by Crippen LogP contribution is -2.39. The van der Waals surface area contributed by atoms with Gasteiger partial charge in [-0.1, -0.05) is 0 Å². The molecule has 0 unspecified atom stereocenters. The molecule has 1 saturated heterocycles. The molecular formula is C17H21FN6O3. The van der Waals surface area contributed by atoms with Gasteiger partial charge in [0, 0.05) is 32.0 Å². The molecule has 27 heavy (non-hydrogen) atoms. The molecule has 0 radical (unpaired) electrons. The lowest BCUT2D eigenvalue weighted by atomic mass is 10.1. The second kappa shape index (κ2) is 8.11. The summed E-state index contributed by atoms with van der Waals surface area (Å²) in [6, 6.07) is 1.68. The van der Waals surface area contributed by atoms with Crippen LogP contribution in [-0.4, -0.2) is 51.2 Å². The summed E-state index contributed by atoms with van der Waals surface area (Å²) in [6.45, 7) is 4.89. The van der Waals surface area contributed by atoms with Crippen molar-refractivity contribution in [1.82, 2.24) is 19.9 Å². The van der Waals surface area contributed by atoms with Gasteiger partial charge < -0.3 is 20.1 Å². The first-order valence-electron chi connectivity index (χ1n) is 8.65. The van der Waals surface area contributed by atoms with Crippen LogP contribution in [0, 0.1) is 5.82 Å². The summed E-state index contributed by atoms with van der Waals surface area (Å²) >= 11 is 0. The van der Waals surface area contributed by atoms with E-state index in [1.54, 1.807) is 19.9 Å². The largest absolute Gasteiger partial charge is 0.460 e. The van der Waals surface area contributed by atoms with Gasteiger partial charge in [-0.05, 0) is 13.8 Å². The molecule has 144 valence electrons. The number of nitrogens with two attached hydrogens (primary N) is 1. The van der Waals surface area contributed by atoms with Crippen LogP contribution >= 0.6 is 0 Å². The second-order valence-corrected chi connectivity index (χ2v) is 6.41. The van der Waals surface area contributed by atoms with E-state index in [4.69, 9.17) is 15.2 Å². The molecule has 0 atom stereocenters. The Morgan fingerprint density at radius 1 is 1.30 bits per heavy atom. The zero-order valence-corrected chi connectivity index (χ0v) is 15.1. The summed E-state index contributed by atoms with van der Waals surface area (Å²) in [5.41, 5.74) is 5.65. The summed E-state index contributed by atoms with van der Waals surface area (Å²) in [7, 11) is 0. The third-order valence-corrected chi connectivity index (χ3v) is 3.99. The van der Waals surface area contributed by atoms with Gasteiger partial charge in [0.2, 0.25) is 0 Å². The van der Waals surface area contributed by atoms with Crippen molar-refractivity contribution in [2.45, 2.75) is 38.9 Å². The maximum atomic E-state index is 13.1. The molecule has 0 aromatic carbocycles. The SMILES string of the molecule is CC(C)OC(=O)c1cc(N2CCC(Oc3ncc(F)c(N)n3)CC2)ncn1. The van der Waals surface area contributed by atoms with Crippen LogP contribution in [0.1, 0.15) is 37.2 Å². The quantitative estimate of drug-likeness (QED) is 0.777. The lowest BCUT2D eigenvalue weighted by Gasteiger charge is -2.32. The molecule has 2 aromatic rings. The predicted octanol–water partition coefficient (Wildman–Crippen LogP) is 1.60. The molecule has 10 heteroatoms. The van der Waals surface area contributed by atoms with Gasteiger partial charge in [-0.15, -0.1) is 0 Å². The number of nitrogen functional groups attached to an aromatic ring is 1. The number of carbonyl (C=O) groups is 1. The summed E-state index contributed by atoms with van der Waals surface area (Å²) in [6.07, 6.45) is 3.40. The number of aromatic nitrogens is 4. The van der Waals surface area contributed by atoms with Crippen molar-refractivity contribution in [3.05, 3.63) is 30.1 Å². The highest BCUT2D eigenvalue weighted by molar-refractivity contribution is 5.88. The molecule has 0 saturated carbocycles. The molecule has 9 nitrogen and oxygen atoms in total. The van der Waals surface area contributed by atoms with Crippen LogP contribution < -0.4 is 15.4 Å². The van der Waals surface area contributed by atoms with E-state index in [2.05, 4.69) is 19.9 Å². The lowest BCUT2D eigenvalue weighted by molar-refractivity contribution is 0.0370. The Morgan fingerprint density at radius 2 is 2.04 bits per heavy atom. The summed E-state index contributed by atoms with van der Waals surface area (Å²) in [5, 5.41) is 0. The third kappa shape index (κ3) is 4.78. The smallest absolute Gasteiger partial charge is 0.357 e. The van der Waals surface area contributed by atoms with Gasteiger partial charge in [-0.25, -0.2) is 24.1 Å². The minimum atomic E-state index is -0.673. The normalized spacial score (nSPS) is 15.0. The first kappa shape index (κ1) is 18.7. The van der Waals surface area contributed by atoms with Crippen molar-refractivity contribution < 1.29 is 18.7 Å². The standard InChI is InChI=1S/C17H21FN6O3/c1-10(2)26-16(25)13-7-14(22-9-21-13)24-5-3-11(4-6-24)27-17-20-8-12(18)15(19)23-17/h7-11H,3-6H2,1-2H3,(H2,19,20,23). The molecule has 3 rings (SSSR count). The van der Waals surface area contributed by atoms with E-state index >= 15 is 0 Å². The van der Waals surface area contributed by atoms with Crippen LogP contribution in [0.4, 0.5) is 16.0 Å². The Labute approximate surface area is 155 Å². The van der Waals surface area contributed by atoms with Crippen molar-refractivity contribution in [3.63, 3.8) is 0 Å². The van der Waals surface area contributed by atoms with E-state index in [1.165, 1.54) is 6.33 Å². The number of anilines is 2. The molecule has 1 aliphatic rings. The first-order chi connectivity index (χ1) is 12.9. The van der Waals surface area contributed by atoms with Crippen LogP contribution in [0.2, 0.25) is 0 Å². The highest BCUT2D eigenvalue weighted by atomic mass is 19.1. The van der Waals surface area contributed by atoms with Crippen molar-refractivity contribution in [2.75, 3.05) is 23.7 Å². The van der Waals surface area contributed by atoms with Crippen molar-refractivity contribution in [1.29, 1.82) is 0 Å². The number of piperidine rings is 1. The Morgan fingerprint density at radius 3 is 2.70 bits per heavy atom. The highest BCUT2D eigenvalue weighted by Gasteiger charge is 2.23. The molecule has 2 N–H and O–H groups in total. The van der Waals surface area contributed by atoms with Gasteiger partial charge in [0.15, 0.2) is 17.3 Å². The van der Waals surface area contributed by atoms with Crippen molar-refractivity contribution >= 4 is 17.6 Å². The van der Waals surface area contributed by atoms with Gasteiger partial charge in [-0.2, -0.15) is 4.98 Å². The van der Waals surface area contributed by atoms with E-state index in [1.807, 2.05) is 4.90 Å². The number of halogens is 1. The number of esters is 1. The molecule has 0 bridgehead atoms. The highest BCUT2D eigenvalue weighted by Crippen LogP contribution is 2.21. The van der Waals surface area contributed by atoms with Gasteiger partial charge in [-0.3, -0.25) is 0 Å². The van der Waals surface area contributed by atoms with Gasteiger partial charge in [0.1, 0.15) is 18.2 Å². The van der Waals surface area contributed by atoms with Crippen LogP contribution in [0.3, 0.4) is 0 Å². The maximum Gasteiger partial charge on any atom is 0.357 e. The molecular weight excluding hydrogens is 355 g/mol. The maximum absolute atomic E-state index is 13.1. The number of nitrogens with zero attached hydrogens (tertiary/aromatic N) is 5. The fourth-order valence-electron chi connectivity index (χ4n) is 2.68. The van der Waals surface area contributed by atoms with E-state index < -0.39 is 11.8 Å². The van der Waals surface area contributed by atoms with E-state index in [9.17, 15) is 9.18 Å².